The number of anilines is 1. The van der Waals surface area contributed by atoms with Crippen LogP contribution in [-0.2, 0) is 20.9 Å². The summed E-state index contributed by atoms with van der Waals surface area (Å²) in [6.45, 7) is 14.0. The Hall–Kier alpha value is -2.79. The minimum Gasteiger partial charge on any atom is -0.444 e. The molecule has 2 amide bonds. The van der Waals surface area contributed by atoms with Crippen LogP contribution in [0.5, 0.6) is 0 Å². The first-order valence-electron chi connectivity index (χ1n) is 14.7. The van der Waals surface area contributed by atoms with E-state index in [9.17, 15) is 9.59 Å². The predicted molar refractivity (Wildman–Crippen MR) is 174 cm³/mol. The lowest BCUT2D eigenvalue weighted by Gasteiger charge is -2.40. The molecule has 12 heteroatoms. The SMILES string of the molecule is CC(C)(C)OC(=O)N1CCCC[C@@H]1[C@@H](OC(=O)Nc1ccc2c(cnn2COCC[Si](C)(C)C)c1)c1cc(Cl)cc(Cl)c1. The van der Waals surface area contributed by atoms with Crippen molar-refractivity contribution in [3.8, 4) is 0 Å². The van der Waals surface area contributed by atoms with Gasteiger partial charge in [0, 0.05) is 42.3 Å². The van der Waals surface area contributed by atoms with Crippen molar-refractivity contribution < 1.29 is 23.8 Å². The second-order valence-electron chi connectivity index (χ2n) is 13.2. The van der Waals surface area contributed by atoms with Crippen LogP contribution in [0.25, 0.3) is 10.9 Å². The van der Waals surface area contributed by atoms with Crippen LogP contribution in [0.4, 0.5) is 15.3 Å². The first-order chi connectivity index (χ1) is 20.2. The number of carbonyl (C=O) groups excluding carboxylic acids is 2. The van der Waals surface area contributed by atoms with Crippen molar-refractivity contribution in [2.75, 3.05) is 18.5 Å². The molecule has 1 saturated heterocycles. The van der Waals surface area contributed by atoms with E-state index in [1.54, 1.807) is 40.0 Å². The molecule has 3 aromatic rings. The fourth-order valence-corrected chi connectivity index (χ4v) is 6.29. The van der Waals surface area contributed by atoms with E-state index in [-0.39, 0.29) is 0 Å². The molecule has 43 heavy (non-hydrogen) atoms. The monoisotopic (exact) mass is 648 g/mol. The molecular weight excluding hydrogens is 607 g/mol. The molecule has 2 heterocycles. The van der Waals surface area contributed by atoms with Crippen LogP contribution in [-0.4, -0.2) is 59.7 Å². The Morgan fingerprint density at radius 2 is 1.81 bits per heavy atom. The topological polar surface area (TPSA) is 94.9 Å². The summed E-state index contributed by atoms with van der Waals surface area (Å²) in [5, 5.41) is 8.95. The largest absolute Gasteiger partial charge is 0.444 e. The molecular formula is C31H42Cl2N4O5Si. The van der Waals surface area contributed by atoms with Gasteiger partial charge in [-0.25, -0.2) is 14.3 Å². The third-order valence-corrected chi connectivity index (χ3v) is 9.21. The minimum absolute atomic E-state index is 0.363. The van der Waals surface area contributed by atoms with Crippen molar-refractivity contribution in [3.05, 3.63) is 58.2 Å². The number of halogens is 2. The van der Waals surface area contributed by atoms with Crippen molar-refractivity contribution in [2.45, 2.75) is 90.2 Å². The summed E-state index contributed by atoms with van der Waals surface area (Å²) in [4.78, 5) is 28.2. The highest BCUT2D eigenvalue weighted by molar-refractivity contribution is 6.76. The Labute approximate surface area is 264 Å². The zero-order chi connectivity index (χ0) is 31.4. The van der Waals surface area contributed by atoms with Gasteiger partial charge in [-0.2, -0.15) is 5.10 Å². The first kappa shape index (κ1) is 33.1. The number of nitrogens with zero attached hydrogens (tertiary/aromatic N) is 3. The number of carbonyl (C=O) groups is 2. The van der Waals surface area contributed by atoms with E-state index in [0.717, 1.165) is 29.8 Å². The number of amides is 2. The highest BCUT2D eigenvalue weighted by Crippen LogP contribution is 2.35. The highest BCUT2D eigenvalue weighted by Gasteiger charge is 2.38. The summed E-state index contributed by atoms with van der Waals surface area (Å²) < 4.78 is 19.4. The zero-order valence-electron chi connectivity index (χ0n) is 25.8. The quantitative estimate of drug-likeness (QED) is 0.184. The summed E-state index contributed by atoms with van der Waals surface area (Å²) >= 11 is 12.7. The van der Waals surface area contributed by atoms with Crippen LogP contribution in [0.1, 0.15) is 51.7 Å². The molecule has 1 aliphatic heterocycles. The van der Waals surface area contributed by atoms with Gasteiger partial charge in [0.05, 0.1) is 17.8 Å². The highest BCUT2D eigenvalue weighted by atomic mass is 35.5. The van der Waals surface area contributed by atoms with Crippen LogP contribution < -0.4 is 5.32 Å². The van der Waals surface area contributed by atoms with Crippen molar-refractivity contribution in [3.63, 3.8) is 0 Å². The molecule has 0 aliphatic carbocycles. The summed E-state index contributed by atoms with van der Waals surface area (Å²) in [7, 11) is -1.17. The van der Waals surface area contributed by atoms with E-state index in [1.807, 2.05) is 32.9 Å². The number of nitrogens with one attached hydrogen (secondary N) is 1. The van der Waals surface area contributed by atoms with Crippen molar-refractivity contribution in [1.82, 2.24) is 14.7 Å². The zero-order valence-corrected chi connectivity index (χ0v) is 28.3. The van der Waals surface area contributed by atoms with Gasteiger partial charge in [0.1, 0.15) is 18.4 Å². The molecule has 234 valence electrons. The number of piperidine rings is 1. The lowest BCUT2D eigenvalue weighted by Crippen LogP contribution is -2.49. The Bertz CT molecular complexity index is 1420. The molecule has 2 atom stereocenters. The molecule has 1 fully saturated rings. The normalized spacial score (nSPS) is 16.7. The van der Waals surface area contributed by atoms with Crippen LogP contribution in [0.3, 0.4) is 0 Å². The Kier molecular flexibility index (Phi) is 10.7. The maximum atomic E-state index is 13.3. The van der Waals surface area contributed by atoms with E-state index in [0.29, 0.717) is 47.6 Å². The summed E-state index contributed by atoms with van der Waals surface area (Å²) in [5.74, 6) is 0. The van der Waals surface area contributed by atoms with E-state index >= 15 is 0 Å². The lowest BCUT2D eigenvalue weighted by molar-refractivity contribution is -0.0199. The predicted octanol–water partition coefficient (Wildman–Crippen LogP) is 8.73. The van der Waals surface area contributed by atoms with Crippen LogP contribution in [0.2, 0.25) is 35.7 Å². The molecule has 0 unspecified atom stereocenters. The standard InChI is InChI=1S/C31H42Cl2N4O5Si/c1-31(2,3)42-30(39)36-12-8-7-9-27(36)28(21-15-23(32)18-24(33)16-21)41-29(38)35-25-10-11-26-22(17-25)19-34-37(26)20-40-13-14-43(4,5)6/h10-11,15-19,27-28H,7-9,12-14,20H2,1-6H3,(H,35,38)/t27-,28+/m1/s1. The Morgan fingerprint density at radius 1 is 1.09 bits per heavy atom. The average Bonchev–Trinajstić information content (AvgIpc) is 3.30. The van der Waals surface area contributed by atoms with E-state index < -0.39 is 38.0 Å². The number of hydrogen-bond donors (Lipinski definition) is 1. The van der Waals surface area contributed by atoms with Gasteiger partial charge >= 0.3 is 12.2 Å². The molecule has 0 radical (unpaired) electrons. The first-order valence-corrected chi connectivity index (χ1v) is 19.1. The van der Waals surface area contributed by atoms with Crippen LogP contribution in [0.15, 0.2) is 42.6 Å². The second kappa shape index (κ2) is 13.9. The summed E-state index contributed by atoms with van der Waals surface area (Å²) in [5.41, 5.74) is 1.37. The third-order valence-electron chi connectivity index (χ3n) is 7.07. The van der Waals surface area contributed by atoms with Gasteiger partial charge in [0.2, 0.25) is 0 Å². The molecule has 1 aliphatic rings. The molecule has 0 saturated carbocycles. The maximum absolute atomic E-state index is 13.3. The van der Waals surface area contributed by atoms with E-state index in [2.05, 4.69) is 30.1 Å². The molecule has 2 aromatic carbocycles. The molecule has 4 rings (SSSR count). The van der Waals surface area contributed by atoms with Gasteiger partial charge in [-0.15, -0.1) is 0 Å². The van der Waals surface area contributed by atoms with Gasteiger partial charge in [0.25, 0.3) is 0 Å². The van der Waals surface area contributed by atoms with Gasteiger partial charge in [-0.05, 0) is 88.0 Å². The fourth-order valence-electron chi connectivity index (χ4n) is 4.99. The number of likely N-dealkylation sites (tertiary alicyclic amines) is 1. The average molecular weight is 650 g/mol. The lowest BCUT2D eigenvalue weighted by atomic mass is 9.93. The number of ether oxygens (including phenoxy) is 3. The van der Waals surface area contributed by atoms with E-state index in [1.165, 1.54) is 0 Å². The number of aromatic nitrogens is 2. The number of benzene rings is 2. The fraction of sp³-hybridized carbons (Fsp3) is 0.516. The number of rotatable bonds is 9. The van der Waals surface area contributed by atoms with Gasteiger partial charge in [0.15, 0.2) is 0 Å². The molecule has 1 N–H and O–H groups in total. The Balaban J connectivity index is 1.51. The third kappa shape index (κ3) is 9.60. The minimum atomic E-state index is -1.17. The molecule has 0 bridgehead atoms. The second-order valence-corrected chi connectivity index (χ2v) is 19.7. The smallest absolute Gasteiger partial charge is 0.412 e. The Morgan fingerprint density at radius 3 is 2.49 bits per heavy atom. The maximum Gasteiger partial charge on any atom is 0.412 e. The van der Waals surface area contributed by atoms with Crippen molar-refractivity contribution in [2.24, 2.45) is 0 Å². The number of hydrogen-bond acceptors (Lipinski definition) is 6. The van der Waals surface area contributed by atoms with Gasteiger partial charge in [-0.1, -0.05) is 42.8 Å². The van der Waals surface area contributed by atoms with Gasteiger partial charge < -0.3 is 19.1 Å². The van der Waals surface area contributed by atoms with Crippen LogP contribution >= 0.6 is 23.2 Å². The number of fused-ring (bicyclic) bond motifs is 1. The van der Waals surface area contributed by atoms with Gasteiger partial charge in [-0.3, -0.25) is 5.32 Å². The van der Waals surface area contributed by atoms with Crippen molar-refractivity contribution >= 4 is 60.1 Å². The summed E-state index contributed by atoms with van der Waals surface area (Å²) in [6, 6.07) is 11.2. The molecule has 9 nitrogen and oxygen atoms in total. The molecule has 0 spiro atoms. The van der Waals surface area contributed by atoms with E-state index in [4.69, 9.17) is 37.4 Å². The van der Waals surface area contributed by atoms with Crippen LogP contribution in [0, 0.1) is 0 Å². The summed E-state index contributed by atoms with van der Waals surface area (Å²) in [6.07, 6.45) is 2.09. The van der Waals surface area contributed by atoms with Crippen molar-refractivity contribution in [1.29, 1.82) is 0 Å². The molecule has 1 aromatic heterocycles.